The molecule has 3 aliphatic rings. The number of rotatable bonds is 2. The molecule has 2 N–H and O–H groups in total. The van der Waals surface area contributed by atoms with E-state index in [1.165, 1.54) is 32.5 Å². The van der Waals surface area contributed by atoms with Crippen LogP contribution < -0.4 is 10.6 Å². The third kappa shape index (κ3) is 2.16. The fraction of sp³-hybridized carbons (Fsp3) is 0.929. The normalized spacial score (nSPS) is 41.5. The van der Waals surface area contributed by atoms with Gasteiger partial charge in [-0.15, -0.1) is 0 Å². The van der Waals surface area contributed by atoms with Crippen LogP contribution in [0.5, 0.6) is 0 Å². The van der Waals surface area contributed by atoms with Crippen LogP contribution in [-0.2, 0) is 4.79 Å². The predicted octanol–water partition coefficient (Wildman–Crippen LogP) is 0.585. The average Bonchev–Trinajstić information content (AvgIpc) is 2.86. The van der Waals surface area contributed by atoms with Crippen LogP contribution in [0.15, 0.2) is 0 Å². The number of hydrogen-bond donors (Lipinski definition) is 2. The highest BCUT2D eigenvalue weighted by atomic mass is 16.1. The van der Waals surface area contributed by atoms with Crippen LogP contribution in [0.25, 0.3) is 0 Å². The zero-order valence-corrected chi connectivity index (χ0v) is 11.3. The van der Waals surface area contributed by atoms with E-state index in [2.05, 4.69) is 22.5 Å². The van der Waals surface area contributed by atoms with Crippen LogP contribution in [0.3, 0.4) is 0 Å². The quantitative estimate of drug-likeness (QED) is 0.755. The molecule has 0 radical (unpaired) electrons. The molecular formula is C14H25N3O. The Morgan fingerprint density at radius 1 is 1.39 bits per heavy atom. The van der Waals surface area contributed by atoms with E-state index in [0.717, 1.165) is 24.8 Å². The van der Waals surface area contributed by atoms with Gasteiger partial charge in [0.15, 0.2) is 0 Å². The van der Waals surface area contributed by atoms with Crippen molar-refractivity contribution in [3.63, 3.8) is 0 Å². The van der Waals surface area contributed by atoms with Crippen molar-refractivity contribution in [1.29, 1.82) is 0 Å². The van der Waals surface area contributed by atoms with E-state index in [4.69, 9.17) is 0 Å². The fourth-order valence-corrected chi connectivity index (χ4v) is 4.25. The van der Waals surface area contributed by atoms with Crippen molar-refractivity contribution in [3.8, 4) is 0 Å². The second-order valence-electron chi connectivity index (χ2n) is 6.10. The van der Waals surface area contributed by atoms with Crippen molar-refractivity contribution in [2.24, 2.45) is 11.8 Å². The predicted molar refractivity (Wildman–Crippen MR) is 71.3 cm³/mol. The fourth-order valence-electron chi connectivity index (χ4n) is 4.25. The zero-order chi connectivity index (χ0) is 12.5. The van der Waals surface area contributed by atoms with Crippen LogP contribution >= 0.6 is 0 Å². The third-order valence-electron chi connectivity index (χ3n) is 5.10. The van der Waals surface area contributed by atoms with E-state index in [9.17, 15) is 4.79 Å². The Balaban J connectivity index is 1.72. The highest BCUT2D eigenvalue weighted by Crippen LogP contribution is 2.37. The topological polar surface area (TPSA) is 44.4 Å². The van der Waals surface area contributed by atoms with Crippen molar-refractivity contribution >= 4 is 5.91 Å². The number of likely N-dealkylation sites (tertiary alicyclic amines) is 1. The van der Waals surface area contributed by atoms with Crippen LogP contribution in [0.4, 0.5) is 0 Å². The number of hydrogen-bond acceptors (Lipinski definition) is 3. The van der Waals surface area contributed by atoms with Crippen molar-refractivity contribution in [1.82, 2.24) is 15.5 Å². The molecule has 4 atom stereocenters. The molecule has 4 heteroatoms. The summed E-state index contributed by atoms with van der Waals surface area (Å²) in [4.78, 5) is 14.4. The minimum atomic E-state index is 0.252. The second-order valence-corrected chi connectivity index (χ2v) is 6.10. The largest absolute Gasteiger partial charge is 0.356 e. The summed E-state index contributed by atoms with van der Waals surface area (Å²) in [7, 11) is 0. The molecule has 0 aromatic carbocycles. The summed E-state index contributed by atoms with van der Waals surface area (Å²) in [6.07, 6.45) is 4.25. The van der Waals surface area contributed by atoms with Gasteiger partial charge >= 0.3 is 0 Å². The van der Waals surface area contributed by atoms with Gasteiger partial charge in [0.2, 0.25) is 5.91 Å². The Morgan fingerprint density at radius 3 is 3.11 bits per heavy atom. The SMILES string of the molecule is CCC1C2CNCC2CN1C1CCCNC(=O)C1. The van der Waals surface area contributed by atoms with Crippen molar-refractivity contribution in [2.45, 2.75) is 44.7 Å². The first kappa shape index (κ1) is 12.4. The lowest BCUT2D eigenvalue weighted by atomic mass is 9.92. The minimum Gasteiger partial charge on any atom is -0.356 e. The van der Waals surface area contributed by atoms with Gasteiger partial charge in [-0.25, -0.2) is 0 Å². The number of carbonyl (C=O) groups excluding carboxylic acids is 1. The van der Waals surface area contributed by atoms with E-state index in [-0.39, 0.29) is 5.91 Å². The Bertz CT molecular complexity index is 320. The van der Waals surface area contributed by atoms with Crippen molar-refractivity contribution < 1.29 is 4.79 Å². The molecule has 4 unspecified atom stereocenters. The maximum atomic E-state index is 11.7. The van der Waals surface area contributed by atoms with Gasteiger partial charge in [-0.2, -0.15) is 0 Å². The second kappa shape index (κ2) is 5.17. The lowest BCUT2D eigenvalue weighted by molar-refractivity contribution is -0.121. The van der Waals surface area contributed by atoms with Gasteiger partial charge in [0, 0.05) is 31.6 Å². The van der Waals surface area contributed by atoms with E-state index in [1.54, 1.807) is 0 Å². The summed E-state index contributed by atoms with van der Waals surface area (Å²) >= 11 is 0. The molecule has 0 aliphatic carbocycles. The molecule has 3 heterocycles. The van der Waals surface area contributed by atoms with E-state index >= 15 is 0 Å². The lowest BCUT2D eigenvalue weighted by Crippen LogP contribution is -2.43. The molecule has 3 fully saturated rings. The van der Waals surface area contributed by atoms with Crippen LogP contribution in [0, 0.1) is 11.8 Å². The number of nitrogens with one attached hydrogen (secondary N) is 2. The summed E-state index contributed by atoms with van der Waals surface area (Å²) in [5.74, 6) is 1.89. The van der Waals surface area contributed by atoms with E-state index in [0.29, 0.717) is 18.5 Å². The van der Waals surface area contributed by atoms with Gasteiger partial charge in [-0.3, -0.25) is 9.69 Å². The van der Waals surface area contributed by atoms with Gasteiger partial charge < -0.3 is 10.6 Å². The number of amides is 1. The Hall–Kier alpha value is -0.610. The van der Waals surface area contributed by atoms with Crippen molar-refractivity contribution in [3.05, 3.63) is 0 Å². The number of nitrogens with zero attached hydrogens (tertiary/aromatic N) is 1. The van der Waals surface area contributed by atoms with E-state index < -0.39 is 0 Å². The molecule has 0 aromatic rings. The molecule has 0 saturated carbocycles. The summed E-state index contributed by atoms with van der Waals surface area (Å²) in [5.41, 5.74) is 0. The highest BCUT2D eigenvalue weighted by Gasteiger charge is 2.45. The first-order valence-electron chi connectivity index (χ1n) is 7.52. The van der Waals surface area contributed by atoms with Crippen molar-refractivity contribution in [2.75, 3.05) is 26.2 Å². The monoisotopic (exact) mass is 251 g/mol. The molecule has 1 amide bonds. The summed E-state index contributed by atoms with van der Waals surface area (Å²) in [5, 5.41) is 6.53. The molecule has 3 saturated heterocycles. The van der Waals surface area contributed by atoms with Gasteiger partial charge in [0.25, 0.3) is 0 Å². The number of carbonyl (C=O) groups is 1. The molecule has 18 heavy (non-hydrogen) atoms. The average molecular weight is 251 g/mol. The zero-order valence-electron chi connectivity index (χ0n) is 11.3. The molecule has 0 bridgehead atoms. The Kier molecular flexibility index (Phi) is 3.57. The molecule has 3 rings (SSSR count). The third-order valence-corrected chi connectivity index (χ3v) is 5.10. The molecule has 0 aromatic heterocycles. The number of fused-ring (bicyclic) bond motifs is 1. The molecular weight excluding hydrogens is 226 g/mol. The van der Waals surface area contributed by atoms with Crippen LogP contribution in [0.2, 0.25) is 0 Å². The Morgan fingerprint density at radius 2 is 2.28 bits per heavy atom. The summed E-state index contributed by atoms with van der Waals surface area (Å²) in [6, 6.07) is 1.18. The van der Waals surface area contributed by atoms with Gasteiger partial charge in [0.1, 0.15) is 0 Å². The Labute approximate surface area is 109 Å². The first-order valence-corrected chi connectivity index (χ1v) is 7.52. The first-order chi connectivity index (χ1) is 8.79. The maximum absolute atomic E-state index is 11.7. The molecule has 0 spiro atoms. The highest BCUT2D eigenvalue weighted by molar-refractivity contribution is 5.76. The van der Waals surface area contributed by atoms with Gasteiger partial charge in [-0.05, 0) is 44.2 Å². The summed E-state index contributed by atoms with van der Waals surface area (Å²) < 4.78 is 0. The van der Waals surface area contributed by atoms with Crippen LogP contribution in [0.1, 0.15) is 32.6 Å². The van der Waals surface area contributed by atoms with Gasteiger partial charge in [-0.1, -0.05) is 6.92 Å². The molecule has 102 valence electrons. The lowest BCUT2D eigenvalue weighted by Gasteiger charge is -2.33. The minimum absolute atomic E-state index is 0.252. The smallest absolute Gasteiger partial charge is 0.221 e. The summed E-state index contributed by atoms with van der Waals surface area (Å²) in [6.45, 7) is 6.73. The van der Waals surface area contributed by atoms with Crippen LogP contribution in [-0.4, -0.2) is 49.1 Å². The molecule has 3 aliphatic heterocycles. The standard InChI is InChI=1S/C14H25N3O/c1-2-13-12-8-15-7-10(12)9-17(13)11-4-3-5-16-14(18)6-11/h10-13,15H,2-9H2,1H3,(H,16,18). The van der Waals surface area contributed by atoms with E-state index in [1.807, 2.05) is 0 Å². The molecule has 4 nitrogen and oxygen atoms in total. The van der Waals surface area contributed by atoms with Gasteiger partial charge in [0.05, 0.1) is 0 Å². The maximum Gasteiger partial charge on any atom is 0.221 e.